The van der Waals surface area contributed by atoms with E-state index in [1.54, 1.807) is 12.1 Å². The van der Waals surface area contributed by atoms with Crippen LogP contribution in [-0.2, 0) is 45.9 Å². The van der Waals surface area contributed by atoms with Gasteiger partial charge in [-0.2, -0.15) is 0 Å². The van der Waals surface area contributed by atoms with Gasteiger partial charge in [-0.15, -0.1) is 0 Å². The van der Waals surface area contributed by atoms with Crippen molar-refractivity contribution < 1.29 is 25.9 Å². The van der Waals surface area contributed by atoms with E-state index in [-0.39, 0.29) is 47.5 Å². The number of benzene rings is 4. The van der Waals surface area contributed by atoms with Crippen molar-refractivity contribution in [2.75, 3.05) is 0 Å². The quantitative estimate of drug-likeness (QED) is 0.0292. The predicted octanol–water partition coefficient (Wildman–Crippen LogP) is 14.7. The van der Waals surface area contributed by atoms with Crippen LogP contribution in [0.1, 0.15) is 204 Å². The fourth-order valence-electron chi connectivity index (χ4n) is 8.73. The van der Waals surface area contributed by atoms with E-state index in [0.717, 1.165) is 73.3 Å². The van der Waals surface area contributed by atoms with Crippen molar-refractivity contribution in [2.45, 2.75) is 217 Å². The van der Waals surface area contributed by atoms with Gasteiger partial charge in [0.15, 0.2) is 0 Å². The summed E-state index contributed by atoms with van der Waals surface area (Å²) >= 11 is 0. The Balaban J connectivity index is 0.000000413. The van der Waals surface area contributed by atoms with Crippen LogP contribution in [0.25, 0.3) is 21.5 Å². The number of aryl methyl sites for hydroxylation is 4. The molecule has 0 aliphatic rings. The molecule has 0 unspecified atom stereocenters. The smallest absolute Gasteiger partial charge is 0.744 e. The van der Waals surface area contributed by atoms with E-state index in [4.69, 9.17) is 0 Å². The molecule has 4 aromatic carbocycles. The van der Waals surface area contributed by atoms with E-state index < -0.39 is 20.2 Å². The first kappa shape index (κ1) is 55.6. The topological polar surface area (TPSA) is 114 Å². The third-order valence-corrected chi connectivity index (χ3v) is 14.0. The van der Waals surface area contributed by atoms with Crippen LogP contribution in [0.3, 0.4) is 0 Å². The Bertz CT molecular complexity index is 1900. The molecule has 4 aromatic rings. The normalized spacial score (nSPS) is 11.8. The molecule has 0 saturated heterocycles. The number of unbranched alkanes of at least 4 members (excludes halogenated alkanes) is 20. The Morgan fingerprint density at radius 1 is 0.344 bits per heavy atom. The molecule has 0 aliphatic carbocycles. The summed E-state index contributed by atoms with van der Waals surface area (Å²) in [5.74, 6) is 0. The van der Waals surface area contributed by atoms with Gasteiger partial charge >= 0.3 is 37.7 Å². The maximum absolute atomic E-state index is 12.2. The summed E-state index contributed by atoms with van der Waals surface area (Å²) in [6, 6.07) is 19.1. The van der Waals surface area contributed by atoms with Gasteiger partial charge in [0.25, 0.3) is 0 Å². The molecule has 4 rings (SSSR count). The average molecular weight is 903 g/mol. The van der Waals surface area contributed by atoms with E-state index in [1.807, 2.05) is 48.5 Å². The number of fused-ring (bicyclic) bond motifs is 2. The van der Waals surface area contributed by atoms with E-state index in [0.29, 0.717) is 23.6 Å². The molecule has 0 radical (unpaired) electrons. The predicted molar refractivity (Wildman–Crippen MR) is 258 cm³/mol. The molecule has 0 heterocycles. The Morgan fingerprint density at radius 2 is 0.574 bits per heavy atom. The Morgan fingerprint density at radius 3 is 0.836 bits per heavy atom. The summed E-state index contributed by atoms with van der Waals surface area (Å²) < 4.78 is 72.9. The van der Waals surface area contributed by atoms with Crippen molar-refractivity contribution in [3.05, 3.63) is 82.9 Å². The van der Waals surface area contributed by atoms with Gasteiger partial charge in [0.2, 0.25) is 0 Å². The van der Waals surface area contributed by atoms with Crippen LogP contribution in [0.4, 0.5) is 0 Å². The molecule has 0 aliphatic heterocycles. The van der Waals surface area contributed by atoms with Gasteiger partial charge in [-0.3, -0.25) is 0 Å². The summed E-state index contributed by atoms with van der Waals surface area (Å²) in [4.78, 5) is 0.0247. The molecule has 0 bridgehead atoms. The zero-order valence-electron chi connectivity index (χ0n) is 38.5. The standard InChI is InChI=1S/2C26H40O3S.Ca/c2*1-3-5-7-9-11-13-17-22-21-23(18-14-12-10-8-6-4-2)26(30(27,28)29)25-20-16-15-19-24(22)25;/h2*15-16,19-21H,3-14,17-18H2,1-2H3,(H,27,28,29);/q;;+2/p-2. The fraction of sp³-hybridized carbons (Fsp3) is 0.615. The van der Waals surface area contributed by atoms with E-state index >= 15 is 0 Å². The van der Waals surface area contributed by atoms with Crippen LogP contribution in [0, 0.1) is 0 Å². The molecule has 0 saturated carbocycles. The average Bonchev–Trinajstić information content (AvgIpc) is 3.22. The largest absolute Gasteiger partial charge is 2.00 e. The van der Waals surface area contributed by atoms with Crippen LogP contribution in [0.15, 0.2) is 70.5 Å². The second kappa shape index (κ2) is 31.4. The molecule has 0 aromatic heterocycles. The summed E-state index contributed by atoms with van der Waals surface area (Å²) in [6.07, 6.45) is 31.7. The number of rotatable bonds is 30. The van der Waals surface area contributed by atoms with Crippen LogP contribution < -0.4 is 0 Å². The summed E-state index contributed by atoms with van der Waals surface area (Å²) in [5, 5.41) is 3.06. The number of hydrogen-bond donors (Lipinski definition) is 0. The van der Waals surface area contributed by atoms with Gasteiger partial charge in [-0.05, 0) is 95.2 Å². The summed E-state index contributed by atoms with van der Waals surface area (Å²) in [7, 11) is -9.03. The van der Waals surface area contributed by atoms with Gasteiger partial charge in [-0.25, -0.2) is 16.8 Å². The summed E-state index contributed by atoms with van der Waals surface area (Å²) in [6.45, 7) is 8.85. The Labute approximate surface area is 402 Å². The molecule has 0 spiro atoms. The monoisotopic (exact) mass is 902 g/mol. The number of hydrogen-bond acceptors (Lipinski definition) is 6. The minimum atomic E-state index is -4.51. The van der Waals surface area contributed by atoms with Crippen LogP contribution in [0.2, 0.25) is 0 Å². The molecule has 61 heavy (non-hydrogen) atoms. The Hall–Kier alpha value is -1.52. The molecule has 6 nitrogen and oxygen atoms in total. The van der Waals surface area contributed by atoms with Crippen molar-refractivity contribution in [3.8, 4) is 0 Å². The second-order valence-electron chi connectivity index (χ2n) is 17.1. The van der Waals surface area contributed by atoms with Crippen LogP contribution >= 0.6 is 0 Å². The molecule has 0 atom stereocenters. The Kier molecular flexibility index (Phi) is 28.6. The zero-order valence-corrected chi connectivity index (χ0v) is 42.4. The minimum absolute atomic E-state index is 0. The second-order valence-corrected chi connectivity index (χ2v) is 19.8. The third kappa shape index (κ3) is 20.0. The first-order valence-corrected chi connectivity index (χ1v) is 26.8. The zero-order chi connectivity index (χ0) is 43.6. The van der Waals surface area contributed by atoms with Gasteiger partial charge in [0.1, 0.15) is 20.2 Å². The summed E-state index contributed by atoms with van der Waals surface area (Å²) in [5.41, 5.74) is 3.82. The van der Waals surface area contributed by atoms with Crippen molar-refractivity contribution in [2.24, 2.45) is 0 Å². The van der Waals surface area contributed by atoms with Gasteiger partial charge in [0, 0.05) is 0 Å². The SMILES string of the molecule is CCCCCCCCc1cc(CCCCCCCC)c2ccccc2c1S(=O)(=O)[O-].CCCCCCCCc1cc(CCCCCCCC)c2ccccc2c1S(=O)(=O)[O-].[Ca+2]. The molecule has 9 heteroatoms. The van der Waals surface area contributed by atoms with E-state index in [1.165, 1.54) is 127 Å². The molecule has 0 amide bonds. The van der Waals surface area contributed by atoms with Gasteiger partial charge in [0.05, 0.1) is 9.79 Å². The van der Waals surface area contributed by atoms with Crippen LogP contribution in [0.5, 0.6) is 0 Å². The van der Waals surface area contributed by atoms with Crippen molar-refractivity contribution in [1.82, 2.24) is 0 Å². The first-order chi connectivity index (χ1) is 29.0. The molecule has 0 fully saturated rings. The van der Waals surface area contributed by atoms with E-state index in [2.05, 4.69) is 27.7 Å². The van der Waals surface area contributed by atoms with Gasteiger partial charge in [-0.1, -0.05) is 217 Å². The van der Waals surface area contributed by atoms with Gasteiger partial charge < -0.3 is 9.11 Å². The first-order valence-electron chi connectivity index (χ1n) is 24.0. The maximum atomic E-state index is 12.2. The van der Waals surface area contributed by atoms with Crippen molar-refractivity contribution >= 4 is 79.5 Å². The van der Waals surface area contributed by atoms with Crippen molar-refractivity contribution in [1.29, 1.82) is 0 Å². The van der Waals surface area contributed by atoms with E-state index in [9.17, 15) is 25.9 Å². The molecular formula is C52H78CaO6S2. The third-order valence-electron chi connectivity index (χ3n) is 12.0. The molecule has 0 N–H and O–H groups in total. The maximum Gasteiger partial charge on any atom is 2.00 e. The van der Waals surface area contributed by atoms with Crippen LogP contribution in [-0.4, -0.2) is 63.7 Å². The fourth-order valence-corrected chi connectivity index (χ4v) is 10.6. The van der Waals surface area contributed by atoms with Crippen molar-refractivity contribution in [3.63, 3.8) is 0 Å². The molecule has 336 valence electrons. The minimum Gasteiger partial charge on any atom is -0.744 e. The molecular weight excluding hydrogens is 825 g/mol.